The van der Waals surface area contributed by atoms with Crippen LogP contribution in [0.2, 0.25) is 0 Å². The molecule has 116 valence electrons. The molecule has 0 amide bonds. The van der Waals surface area contributed by atoms with Crippen LogP contribution in [-0.2, 0) is 0 Å². The van der Waals surface area contributed by atoms with E-state index in [0.29, 0.717) is 6.54 Å². The van der Waals surface area contributed by atoms with Gasteiger partial charge in [0.25, 0.3) is 0 Å². The molecule has 19 heavy (non-hydrogen) atoms. The third kappa shape index (κ3) is 6.41. The Kier molecular flexibility index (Phi) is 10.9. The quantitative estimate of drug-likeness (QED) is 0.565. The molecule has 0 radical (unpaired) electrons. The highest BCUT2D eigenvalue weighted by Crippen LogP contribution is 2.19. The molecule has 0 saturated carbocycles. The summed E-state index contributed by atoms with van der Waals surface area (Å²) < 4.78 is 0. The average Bonchev–Trinajstić information content (AvgIpc) is 2.63. The van der Waals surface area contributed by atoms with Gasteiger partial charge in [0, 0.05) is 6.54 Å². The maximum absolute atomic E-state index is 9.68. The van der Waals surface area contributed by atoms with Gasteiger partial charge in [-0.05, 0) is 13.0 Å². The largest absolute Gasteiger partial charge is 0.395 e. The average molecular weight is 296 g/mol. The van der Waals surface area contributed by atoms with Crippen LogP contribution in [0.5, 0.6) is 0 Å². The fraction of sp³-hybridized carbons (Fsp3) is 1.00. The van der Waals surface area contributed by atoms with E-state index in [0.717, 1.165) is 13.0 Å². The monoisotopic (exact) mass is 295 g/mol. The first-order chi connectivity index (χ1) is 8.70. The molecule has 0 aromatic heterocycles. The van der Waals surface area contributed by atoms with Gasteiger partial charge in [-0.1, -0.05) is 45.4 Å². The lowest BCUT2D eigenvalue weighted by Gasteiger charge is -2.23. The van der Waals surface area contributed by atoms with E-state index < -0.39 is 12.2 Å². The van der Waals surface area contributed by atoms with Crippen molar-refractivity contribution >= 4 is 12.4 Å². The molecule has 4 nitrogen and oxygen atoms in total. The lowest BCUT2D eigenvalue weighted by atomic mass is 10.1. The summed E-state index contributed by atoms with van der Waals surface area (Å²) in [6, 6.07) is -0.278. The van der Waals surface area contributed by atoms with Gasteiger partial charge in [-0.15, -0.1) is 12.4 Å². The van der Waals surface area contributed by atoms with Crippen LogP contribution in [-0.4, -0.2) is 58.2 Å². The number of aliphatic hydroxyl groups excluding tert-OH is 3. The fourth-order valence-corrected chi connectivity index (χ4v) is 2.71. The minimum absolute atomic E-state index is 0. The zero-order chi connectivity index (χ0) is 13.4. The van der Waals surface area contributed by atoms with Crippen LogP contribution in [0.3, 0.4) is 0 Å². The van der Waals surface area contributed by atoms with Gasteiger partial charge in [0.05, 0.1) is 24.9 Å². The van der Waals surface area contributed by atoms with Crippen molar-refractivity contribution in [3.63, 3.8) is 0 Å². The Balaban J connectivity index is 0.00000324. The van der Waals surface area contributed by atoms with E-state index in [1.54, 1.807) is 0 Å². The molecule has 0 spiro atoms. The number of hydrogen-bond donors (Lipinski definition) is 3. The summed E-state index contributed by atoms with van der Waals surface area (Å²) >= 11 is 0. The van der Waals surface area contributed by atoms with E-state index in [4.69, 9.17) is 0 Å². The minimum Gasteiger partial charge on any atom is -0.395 e. The molecule has 0 bridgehead atoms. The zero-order valence-corrected chi connectivity index (χ0v) is 12.8. The highest BCUT2D eigenvalue weighted by Gasteiger charge is 2.38. The standard InChI is InChI=1S/C14H29NO3.ClH/c1-2-3-4-5-6-7-8-9-15-10-13(17)14(18)12(15)11-16;/h12-14,16-18H,2-11H2,1H3;1H/t12-,13+,14+;/m0./s1. The van der Waals surface area contributed by atoms with E-state index in [1.807, 2.05) is 4.90 Å². The third-order valence-electron chi connectivity index (χ3n) is 3.91. The second kappa shape index (κ2) is 10.9. The molecule has 1 aliphatic rings. The van der Waals surface area contributed by atoms with Crippen LogP contribution in [0.1, 0.15) is 51.9 Å². The Morgan fingerprint density at radius 1 is 1.00 bits per heavy atom. The number of aliphatic hydroxyl groups is 3. The fourth-order valence-electron chi connectivity index (χ4n) is 2.71. The van der Waals surface area contributed by atoms with Crippen molar-refractivity contribution in [2.75, 3.05) is 19.7 Å². The molecule has 5 heteroatoms. The van der Waals surface area contributed by atoms with Crippen molar-refractivity contribution in [2.45, 2.75) is 70.1 Å². The van der Waals surface area contributed by atoms with Gasteiger partial charge in [-0.25, -0.2) is 0 Å². The summed E-state index contributed by atoms with van der Waals surface area (Å²) in [5, 5.41) is 28.5. The normalized spacial score (nSPS) is 27.5. The first kappa shape index (κ1) is 19.1. The van der Waals surface area contributed by atoms with Crippen molar-refractivity contribution in [1.82, 2.24) is 4.90 Å². The van der Waals surface area contributed by atoms with Gasteiger partial charge in [-0.2, -0.15) is 0 Å². The Morgan fingerprint density at radius 3 is 2.16 bits per heavy atom. The lowest BCUT2D eigenvalue weighted by Crippen LogP contribution is -2.39. The van der Waals surface area contributed by atoms with Crippen LogP contribution < -0.4 is 0 Å². The molecular formula is C14H30ClNO3. The Bertz CT molecular complexity index is 219. The zero-order valence-electron chi connectivity index (χ0n) is 12.0. The van der Waals surface area contributed by atoms with Gasteiger partial charge in [-0.3, -0.25) is 4.90 Å². The minimum atomic E-state index is -0.792. The molecule has 1 saturated heterocycles. The van der Waals surface area contributed by atoms with Gasteiger partial charge >= 0.3 is 0 Å². The molecule has 3 N–H and O–H groups in total. The van der Waals surface area contributed by atoms with Crippen LogP contribution in [0.15, 0.2) is 0 Å². The highest BCUT2D eigenvalue weighted by atomic mass is 35.5. The molecule has 1 rings (SSSR count). The maximum Gasteiger partial charge on any atom is 0.0988 e. The second-order valence-electron chi connectivity index (χ2n) is 5.42. The Labute approximate surface area is 123 Å². The maximum atomic E-state index is 9.68. The number of likely N-dealkylation sites (tertiary alicyclic amines) is 1. The SMILES string of the molecule is CCCCCCCCCN1C[C@@H](O)[C@H](O)[C@@H]1CO.Cl. The van der Waals surface area contributed by atoms with E-state index in [1.165, 1.54) is 38.5 Å². The lowest BCUT2D eigenvalue weighted by molar-refractivity contribution is 0.0216. The summed E-state index contributed by atoms with van der Waals surface area (Å²) in [6.45, 7) is 3.50. The number of halogens is 1. The van der Waals surface area contributed by atoms with E-state index in [2.05, 4.69) is 6.92 Å². The van der Waals surface area contributed by atoms with Gasteiger partial charge < -0.3 is 15.3 Å². The van der Waals surface area contributed by atoms with E-state index in [-0.39, 0.29) is 25.1 Å². The topological polar surface area (TPSA) is 63.9 Å². The van der Waals surface area contributed by atoms with Crippen molar-refractivity contribution in [2.24, 2.45) is 0 Å². The van der Waals surface area contributed by atoms with Crippen LogP contribution in [0, 0.1) is 0 Å². The van der Waals surface area contributed by atoms with E-state index >= 15 is 0 Å². The second-order valence-corrected chi connectivity index (χ2v) is 5.42. The molecule has 1 aliphatic heterocycles. The van der Waals surface area contributed by atoms with Crippen LogP contribution in [0.25, 0.3) is 0 Å². The van der Waals surface area contributed by atoms with Crippen molar-refractivity contribution in [3.05, 3.63) is 0 Å². The molecule has 1 fully saturated rings. The summed E-state index contributed by atoms with van der Waals surface area (Å²) in [6.07, 6.45) is 7.31. The van der Waals surface area contributed by atoms with E-state index in [9.17, 15) is 15.3 Å². The van der Waals surface area contributed by atoms with Crippen LogP contribution in [0.4, 0.5) is 0 Å². The van der Waals surface area contributed by atoms with Crippen molar-refractivity contribution < 1.29 is 15.3 Å². The van der Waals surface area contributed by atoms with Gasteiger partial charge in [0.15, 0.2) is 0 Å². The number of β-amino-alcohol motifs (C(OH)–C–C–N with tert-alkyl or cyclic N) is 1. The van der Waals surface area contributed by atoms with Crippen molar-refractivity contribution in [3.8, 4) is 0 Å². The summed E-state index contributed by atoms with van der Waals surface area (Å²) in [5.41, 5.74) is 0. The Morgan fingerprint density at radius 2 is 1.58 bits per heavy atom. The Hall–Kier alpha value is 0.130. The summed E-state index contributed by atoms with van der Waals surface area (Å²) in [4.78, 5) is 2.02. The molecule has 0 aromatic carbocycles. The number of hydrogen-bond acceptors (Lipinski definition) is 4. The highest BCUT2D eigenvalue weighted by molar-refractivity contribution is 5.85. The first-order valence-corrected chi connectivity index (χ1v) is 7.41. The summed E-state index contributed by atoms with van der Waals surface area (Å²) in [7, 11) is 0. The third-order valence-corrected chi connectivity index (χ3v) is 3.91. The molecular weight excluding hydrogens is 266 g/mol. The summed E-state index contributed by atoms with van der Waals surface area (Å²) in [5.74, 6) is 0. The molecule has 0 aromatic rings. The molecule has 3 atom stereocenters. The molecule has 0 aliphatic carbocycles. The van der Waals surface area contributed by atoms with Gasteiger partial charge in [0.1, 0.15) is 0 Å². The predicted molar refractivity (Wildman–Crippen MR) is 79.7 cm³/mol. The predicted octanol–water partition coefficient (Wildman–Crippen LogP) is 1.56. The number of unbranched alkanes of at least 4 members (excludes halogenated alkanes) is 6. The number of nitrogens with zero attached hydrogens (tertiary/aromatic N) is 1. The first-order valence-electron chi connectivity index (χ1n) is 7.41. The molecule has 0 unspecified atom stereocenters. The molecule has 1 heterocycles. The smallest absolute Gasteiger partial charge is 0.0988 e. The van der Waals surface area contributed by atoms with Crippen LogP contribution >= 0.6 is 12.4 Å². The van der Waals surface area contributed by atoms with Gasteiger partial charge in [0.2, 0.25) is 0 Å². The van der Waals surface area contributed by atoms with Crippen molar-refractivity contribution in [1.29, 1.82) is 0 Å². The number of rotatable bonds is 9.